The van der Waals surface area contributed by atoms with Crippen molar-refractivity contribution in [2.75, 3.05) is 7.18 Å². The molecule has 0 N–H and O–H groups in total. The van der Waals surface area contributed by atoms with Gasteiger partial charge in [-0.1, -0.05) is 128 Å². The molecule has 1 heteroatoms. The third kappa shape index (κ3) is 14.5. The molecule has 0 unspecified atom stereocenters. The number of allylic oxidation sites excluding steroid dienone is 4. The molecule has 0 spiro atoms. The smallest absolute Gasteiger partial charge is 0.0785 e. The van der Waals surface area contributed by atoms with Gasteiger partial charge >= 0.3 is 0 Å². The molecule has 0 amide bonds. The van der Waals surface area contributed by atoms with E-state index in [0.29, 0.717) is 13.1 Å². The van der Waals surface area contributed by atoms with Crippen LogP contribution in [-0.2, 0) is 0 Å². The first-order valence-corrected chi connectivity index (χ1v) is 11.9. The van der Waals surface area contributed by atoms with Gasteiger partial charge < -0.3 is 0 Å². The van der Waals surface area contributed by atoms with Gasteiger partial charge in [-0.05, 0) is 54.0 Å². The van der Waals surface area contributed by atoms with E-state index in [1.54, 1.807) is 0 Å². The Balaban J connectivity index is 0. The molecule has 31 heavy (non-hydrogen) atoms. The highest BCUT2D eigenvalue weighted by Crippen LogP contribution is 2.25. The molecule has 0 aliphatic carbocycles. The maximum atomic E-state index is 9.50. The number of hydrogen-bond acceptors (Lipinski definition) is 0. The van der Waals surface area contributed by atoms with Crippen molar-refractivity contribution in [1.82, 2.24) is 0 Å². The minimum atomic E-state index is 0.500. The quantitative estimate of drug-likeness (QED) is 0.386. The van der Waals surface area contributed by atoms with Crippen molar-refractivity contribution in [3.05, 3.63) is 77.9 Å². The summed E-state index contributed by atoms with van der Waals surface area (Å²) in [7, 11) is 0.500. The molecule has 174 valence electrons. The molecule has 0 nitrogen and oxygen atoms in total. The van der Waals surface area contributed by atoms with E-state index in [9.17, 15) is 4.39 Å². The molecular formula is C30H47F. The van der Waals surface area contributed by atoms with Crippen molar-refractivity contribution >= 4 is 5.57 Å². The minimum absolute atomic E-state index is 0.500. The van der Waals surface area contributed by atoms with Crippen LogP contribution in [0.1, 0.15) is 86.6 Å². The maximum Gasteiger partial charge on any atom is 0.0785 e. The summed E-state index contributed by atoms with van der Waals surface area (Å²) >= 11 is 0. The van der Waals surface area contributed by atoms with Crippen LogP contribution in [0.25, 0.3) is 16.7 Å². The average molecular weight is 427 g/mol. The van der Waals surface area contributed by atoms with Crippen LogP contribution in [0.4, 0.5) is 4.39 Å². The summed E-state index contributed by atoms with van der Waals surface area (Å²) in [6.45, 7) is 17.3. The Morgan fingerprint density at radius 1 is 0.839 bits per heavy atom. The van der Waals surface area contributed by atoms with Crippen LogP contribution in [0, 0.1) is 5.92 Å². The Morgan fingerprint density at radius 2 is 1.39 bits per heavy atom. The van der Waals surface area contributed by atoms with E-state index < -0.39 is 0 Å². The lowest BCUT2D eigenvalue weighted by molar-refractivity contribution is 0.636. The third-order valence-electron chi connectivity index (χ3n) is 4.44. The van der Waals surface area contributed by atoms with Crippen LogP contribution in [0.2, 0.25) is 0 Å². The van der Waals surface area contributed by atoms with Crippen LogP contribution < -0.4 is 0 Å². The fourth-order valence-electron chi connectivity index (χ4n) is 2.87. The van der Waals surface area contributed by atoms with Crippen molar-refractivity contribution < 1.29 is 4.39 Å². The lowest BCUT2D eigenvalue weighted by Gasteiger charge is -2.10. The van der Waals surface area contributed by atoms with E-state index in [2.05, 4.69) is 108 Å². The molecular weight excluding hydrogens is 379 g/mol. The van der Waals surface area contributed by atoms with E-state index in [4.69, 9.17) is 0 Å². The molecule has 0 saturated heterocycles. The van der Waals surface area contributed by atoms with Gasteiger partial charge in [-0.3, -0.25) is 4.39 Å². The molecule has 0 bridgehead atoms. The summed E-state index contributed by atoms with van der Waals surface area (Å²) in [5.41, 5.74) is 6.64. The fraction of sp³-hybridized carbons (Fsp3) is 0.467. The van der Waals surface area contributed by atoms with Crippen LogP contribution in [0.5, 0.6) is 0 Å². The summed E-state index contributed by atoms with van der Waals surface area (Å²) in [6.07, 6.45) is 9.58. The highest BCUT2D eigenvalue weighted by molar-refractivity contribution is 5.73. The first kappa shape index (κ1) is 31.0. The lowest BCUT2D eigenvalue weighted by Crippen LogP contribution is -1.91. The van der Waals surface area contributed by atoms with E-state index in [1.807, 2.05) is 13.8 Å². The van der Waals surface area contributed by atoms with Crippen molar-refractivity contribution in [1.29, 1.82) is 0 Å². The first-order chi connectivity index (χ1) is 15.0. The van der Waals surface area contributed by atoms with E-state index in [-0.39, 0.29) is 0 Å². The van der Waals surface area contributed by atoms with Crippen LogP contribution >= 0.6 is 0 Å². The Kier molecular flexibility index (Phi) is 21.1. The molecule has 0 atom stereocenters. The number of rotatable bonds is 7. The topological polar surface area (TPSA) is 0 Å². The second kappa shape index (κ2) is 21.1. The zero-order valence-electron chi connectivity index (χ0n) is 21.6. The summed E-state index contributed by atoms with van der Waals surface area (Å²) in [5.74, 6) is 0.688. The van der Waals surface area contributed by atoms with Gasteiger partial charge in [0.15, 0.2) is 0 Å². The van der Waals surface area contributed by atoms with Gasteiger partial charge in [-0.2, -0.15) is 0 Å². The third-order valence-corrected chi connectivity index (χ3v) is 4.44. The largest absolute Gasteiger partial charge is 0.255 e. The summed E-state index contributed by atoms with van der Waals surface area (Å²) < 4.78 is 9.50. The molecule has 0 aliphatic heterocycles. The standard InChI is InChI=1S/C23H28.C4H10.C2H6.CH3F/c1-5-10-20(15-18(2)3)16-19(4)22-13-9-14-23(17-22)21-11-7-6-8-12-21;1-3-4-2;2*1-2/h6-14,16-18H,5,15H2,1-4H3;3-4H2,1-2H3;1-2H3;1H3/b19-16+,20-10-;;;. The SMILES string of the molecule is CC.CC/C=C(\C=C(/C)c1cccc(-c2ccccc2)c1)CC(C)C.CCCC.CF. The van der Waals surface area contributed by atoms with Gasteiger partial charge in [0.05, 0.1) is 7.18 Å². The monoisotopic (exact) mass is 426 g/mol. The second-order valence-electron chi connectivity index (χ2n) is 7.56. The number of alkyl halides is 1. The molecule has 0 heterocycles. The van der Waals surface area contributed by atoms with E-state index in [1.165, 1.54) is 40.7 Å². The van der Waals surface area contributed by atoms with E-state index >= 15 is 0 Å². The van der Waals surface area contributed by atoms with Crippen molar-refractivity contribution in [2.24, 2.45) is 5.92 Å². The van der Waals surface area contributed by atoms with Gasteiger partial charge in [-0.25, -0.2) is 0 Å². The number of benzene rings is 2. The first-order valence-electron chi connectivity index (χ1n) is 11.9. The van der Waals surface area contributed by atoms with E-state index in [0.717, 1.165) is 12.8 Å². The van der Waals surface area contributed by atoms with Gasteiger partial charge in [0, 0.05) is 0 Å². The average Bonchev–Trinajstić information content (AvgIpc) is 2.82. The van der Waals surface area contributed by atoms with Gasteiger partial charge in [0.25, 0.3) is 0 Å². The maximum absolute atomic E-state index is 9.50. The number of hydrogen-bond donors (Lipinski definition) is 0. The van der Waals surface area contributed by atoms with Gasteiger partial charge in [-0.15, -0.1) is 0 Å². The summed E-state index contributed by atoms with van der Waals surface area (Å²) in [6, 6.07) is 19.4. The number of halogens is 1. The van der Waals surface area contributed by atoms with Crippen molar-refractivity contribution in [3.8, 4) is 11.1 Å². The molecule has 0 saturated carbocycles. The Hall–Kier alpha value is -2.15. The second-order valence-corrected chi connectivity index (χ2v) is 7.56. The van der Waals surface area contributed by atoms with Gasteiger partial charge in [0.1, 0.15) is 0 Å². The molecule has 2 aromatic carbocycles. The fourth-order valence-corrected chi connectivity index (χ4v) is 2.87. The summed E-state index contributed by atoms with van der Waals surface area (Å²) in [4.78, 5) is 0. The minimum Gasteiger partial charge on any atom is -0.255 e. The highest BCUT2D eigenvalue weighted by Gasteiger charge is 2.03. The molecule has 2 aromatic rings. The number of unbranched alkanes of at least 4 members (excludes halogenated alkanes) is 1. The highest BCUT2D eigenvalue weighted by atomic mass is 19.1. The zero-order valence-corrected chi connectivity index (χ0v) is 21.6. The van der Waals surface area contributed by atoms with Gasteiger partial charge in [0.2, 0.25) is 0 Å². The van der Waals surface area contributed by atoms with Crippen molar-refractivity contribution in [2.45, 2.75) is 81.1 Å². The van der Waals surface area contributed by atoms with Crippen LogP contribution in [0.15, 0.2) is 72.3 Å². The Labute approximate surface area is 193 Å². The molecule has 2 rings (SSSR count). The van der Waals surface area contributed by atoms with Crippen molar-refractivity contribution in [3.63, 3.8) is 0 Å². The van der Waals surface area contributed by atoms with Crippen LogP contribution in [-0.4, -0.2) is 7.18 Å². The Bertz CT molecular complexity index is 706. The normalized spacial score (nSPS) is 10.8. The molecule has 0 aromatic heterocycles. The molecule has 0 fully saturated rings. The lowest BCUT2D eigenvalue weighted by atomic mass is 9.96. The predicted octanol–water partition coefficient (Wildman–Crippen LogP) is 10.6. The summed E-state index contributed by atoms with van der Waals surface area (Å²) in [5, 5.41) is 0. The molecule has 0 aliphatic rings. The zero-order chi connectivity index (χ0) is 24.1. The van der Waals surface area contributed by atoms with Crippen LogP contribution in [0.3, 0.4) is 0 Å². The predicted molar refractivity (Wildman–Crippen MR) is 142 cm³/mol. The molecule has 0 radical (unpaired) electrons. The Morgan fingerprint density at radius 3 is 1.87 bits per heavy atom.